The van der Waals surface area contributed by atoms with Crippen molar-refractivity contribution >= 4 is 22.5 Å². The van der Waals surface area contributed by atoms with E-state index in [1.807, 2.05) is 55.6 Å². The number of nitrogens with one attached hydrogen (secondary N) is 1. The van der Waals surface area contributed by atoms with Crippen LogP contribution in [-0.2, 0) is 11.3 Å². The summed E-state index contributed by atoms with van der Waals surface area (Å²) < 4.78 is 7.93. The van der Waals surface area contributed by atoms with Crippen LogP contribution < -0.4 is 10.1 Å². The Kier molecular flexibility index (Phi) is 5.06. The van der Waals surface area contributed by atoms with Gasteiger partial charge in [-0.1, -0.05) is 18.2 Å². The summed E-state index contributed by atoms with van der Waals surface area (Å²) in [6, 6.07) is 19.5. The molecule has 0 aliphatic carbocycles. The maximum absolute atomic E-state index is 12.4. The van der Waals surface area contributed by atoms with Gasteiger partial charge in [0.15, 0.2) is 0 Å². The van der Waals surface area contributed by atoms with Gasteiger partial charge in [0.1, 0.15) is 11.5 Å². The number of hydrogen-bond acceptors (Lipinski definition) is 3. The van der Waals surface area contributed by atoms with Gasteiger partial charge in [-0.3, -0.25) is 9.78 Å². The zero-order valence-electron chi connectivity index (χ0n) is 15.6. The van der Waals surface area contributed by atoms with Crippen LogP contribution in [0.4, 0.5) is 5.69 Å². The maximum atomic E-state index is 12.4. The van der Waals surface area contributed by atoms with E-state index in [0.717, 1.165) is 22.5 Å². The smallest absolute Gasteiger partial charge is 0.226 e. The standard InChI is InChI=1S/C23H21N3O2/c1-17-15-19(8-9-22(17)28-20-6-4-12-24-16-20)25-23(27)11-14-26-13-10-18-5-2-3-7-21(18)26/h2-10,12-13,15-16H,11,14H2,1H3,(H,25,27). The number of amides is 1. The third-order valence-electron chi connectivity index (χ3n) is 4.58. The molecule has 140 valence electrons. The fourth-order valence-electron chi connectivity index (χ4n) is 3.16. The van der Waals surface area contributed by atoms with Crippen LogP contribution in [0.3, 0.4) is 0 Å². The molecular weight excluding hydrogens is 350 g/mol. The number of carbonyl (C=O) groups is 1. The molecule has 0 saturated heterocycles. The fourth-order valence-corrected chi connectivity index (χ4v) is 3.16. The van der Waals surface area contributed by atoms with Crippen LogP contribution in [0.25, 0.3) is 10.9 Å². The normalized spacial score (nSPS) is 10.8. The number of aromatic nitrogens is 2. The van der Waals surface area contributed by atoms with Crippen molar-refractivity contribution in [2.45, 2.75) is 19.9 Å². The molecular formula is C23H21N3O2. The van der Waals surface area contributed by atoms with Crippen LogP contribution in [0, 0.1) is 6.92 Å². The van der Waals surface area contributed by atoms with Gasteiger partial charge in [0, 0.05) is 36.6 Å². The average Bonchev–Trinajstić information content (AvgIpc) is 3.12. The summed E-state index contributed by atoms with van der Waals surface area (Å²) in [6.07, 6.45) is 5.80. The van der Waals surface area contributed by atoms with Crippen molar-refractivity contribution in [3.63, 3.8) is 0 Å². The van der Waals surface area contributed by atoms with E-state index in [-0.39, 0.29) is 5.91 Å². The molecule has 0 radical (unpaired) electrons. The summed E-state index contributed by atoms with van der Waals surface area (Å²) >= 11 is 0. The van der Waals surface area contributed by atoms with Gasteiger partial charge in [0.2, 0.25) is 5.91 Å². The predicted molar refractivity (Wildman–Crippen MR) is 111 cm³/mol. The highest BCUT2D eigenvalue weighted by Crippen LogP contribution is 2.27. The monoisotopic (exact) mass is 371 g/mol. The minimum Gasteiger partial charge on any atom is -0.455 e. The van der Waals surface area contributed by atoms with Crippen molar-refractivity contribution in [3.05, 3.63) is 84.8 Å². The Morgan fingerprint density at radius 1 is 1.11 bits per heavy atom. The van der Waals surface area contributed by atoms with Crippen molar-refractivity contribution in [1.82, 2.24) is 9.55 Å². The number of aryl methyl sites for hydroxylation is 2. The Bertz CT molecular complexity index is 1100. The molecule has 5 nitrogen and oxygen atoms in total. The number of rotatable bonds is 6. The number of fused-ring (bicyclic) bond motifs is 1. The first kappa shape index (κ1) is 17.8. The number of benzene rings is 2. The summed E-state index contributed by atoms with van der Waals surface area (Å²) in [6.45, 7) is 2.59. The van der Waals surface area contributed by atoms with Gasteiger partial charge in [-0.05, 0) is 60.3 Å². The number of nitrogens with zero attached hydrogens (tertiary/aromatic N) is 2. The molecule has 0 bridgehead atoms. The second kappa shape index (κ2) is 7.96. The molecule has 5 heteroatoms. The number of ether oxygens (including phenoxy) is 1. The molecule has 1 amide bonds. The minimum absolute atomic E-state index is 0.0156. The maximum Gasteiger partial charge on any atom is 0.226 e. The molecule has 1 N–H and O–H groups in total. The molecule has 2 aromatic heterocycles. The topological polar surface area (TPSA) is 56.2 Å². The molecule has 4 aromatic rings. The van der Waals surface area contributed by atoms with Crippen molar-refractivity contribution in [2.24, 2.45) is 0 Å². The summed E-state index contributed by atoms with van der Waals surface area (Å²) in [5.74, 6) is 1.41. The van der Waals surface area contributed by atoms with E-state index in [1.54, 1.807) is 12.4 Å². The van der Waals surface area contributed by atoms with E-state index in [1.165, 1.54) is 5.39 Å². The first-order chi connectivity index (χ1) is 13.7. The Labute approximate surface area is 163 Å². The molecule has 0 aliphatic rings. The van der Waals surface area contributed by atoms with Gasteiger partial charge in [-0.2, -0.15) is 0 Å². The Hall–Kier alpha value is -3.60. The lowest BCUT2D eigenvalue weighted by Gasteiger charge is -2.11. The average molecular weight is 371 g/mol. The van der Waals surface area contributed by atoms with E-state index < -0.39 is 0 Å². The highest BCUT2D eigenvalue weighted by Gasteiger charge is 2.08. The largest absolute Gasteiger partial charge is 0.455 e. The molecule has 0 atom stereocenters. The van der Waals surface area contributed by atoms with Crippen LogP contribution >= 0.6 is 0 Å². The van der Waals surface area contributed by atoms with Gasteiger partial charge in [-0.25, -0.2) is 0 Å². The summed E-state index contributed by atoms with van der Waals surface area (Å²) in [5, 5.41) is 4.15. The summed E-state index contributed by atoms with van der Waals surface area (Å²) in [7, 11) is 0. The molecule has 0 spiro atoms. The first-order valence-corrected chi connectivity index (χ1v) is 9.21. The molecule has 0 aliphatic heterocycles. The zero-order chi connectivity index (χ0) is 19.3. The highest BCUT2D eigenvalue weighted by molar-refractivity contribution is 5.91. The lowest BCUT2D eigenvalue weighted by molar-refractivity contribution is -0.116. The third-order valence-corrected chi connectivity index (χ3v) is 4.58. The van der Waals surface area contributed by atoms with Crippen LogP contribution in [0.1, 0.15) is 12.0 Å². The number of pyridine rings is 1. The van der Waals surface area contributed by atoms with Gasteiger partial charge in [0.05, 0.1) is 6.20 Å². The van der Waals surface area contributed by atoms with Crippen molar-refractivity contribution < 1.29 is 9.53 Å². The van der Waals surface area contributed by atoms with E-state index in [4.69, 9.17) is 4.74 Å². The molecule has 2 heterocycles. The minimum atomic E-state index is -0.0156. The van der Waals surface area contributed by atoms with E-state index in [0.29, 0.717) is 18.7 Å². The third kappa shape index (κ3) is 4.04. The van der Waals surface area contributed by atoms with Crippen LogP contribution in [-0.4, -0.2) is 15.5 Å². The molecule has 2 aromatic carbocycles. The van der Waals surface area contributed by atoms with E-state index >= 15 is 0 Å². The second-order valence-corrected chi connectivity index (χ2v) is 6.64. The molecule has 0 fully saturated rings. The van der Waals surface area contributed by atoms with Gasteiger partial charge >= 0.3 is 0 Å². The number of para-hydroxylation sites is 1. The van der Waals surface area contributed by atoms with Gasteiger partial charge in [-0.15, -0.1) is 0 Å². The van der Waals surface area contributed by atoms with Gasteiger partial charge < -0.3 is 14.6 Å². The van der Waals surface area contributed by atoms with Crippen molar-refractivity contribution in [1.29, 1.82) is 0 Å². The van der Waals surface area contributed by atoms with E-state index in [2.05, 4.69) is 33.1 Å². The Balaban J connectivity index is 1.37. The SMILES string of the molecule is Cc1cc(NC(=O)CCn2ccc3ccccc32)ccc1Oc1cccnc1. The lowest BCUT2D eigenvalue weighted by atomic mass is 10.2. The van der Waals surface area contributed by atoms with Crippen LogP contribution in [0.15, 0.2) is 79.3 Å². The van der Waals surface area contributed by atoms with Crippen LogP contribution in [0.5, 0.6) is 11.5 Å². The lowest BCUT2D eigenvalue weighted by Crippen LogP contribution is -2.14. The Morgan fingerprint density at radius 3 is 2.82 bits per heavy atom. The molecule has 0 unspecified atom stereocenters. The van der Waals surface area contributed by atoms with E-state index in [9.17, 15) is 4.79 Å². The number of carbonyl (C=O) groups excluding carboxylic acids is 1. The van der Waals surface area contributed by atoms with Crippen LogP contribution in [0.2, 0.25) is 0 Å². The highest BCUT2D eigenvalue weighted by atomic mass is 16.5. The van der Waals surface area contributed by atoms with Crippen molar-refractivity contribution in [3.8, 4) is 11.5 Å². The quantitative estimate of drug-likeness (QED) is 0.509. The first-order valence-electron chi connectivity index (χ1n) is 9.21. The fraction of sp³-hybridized carbons (Fsp3) is 0.130. The Morgan fingerprint density at radius 2 is 2.00 bits per heavy atom. The predicted octanol–water partition coefficient (Wildman–Crippen LogP) is 5.17. The summed E-state index contributed by atoms with van der Waals surface area (Å²) in [5.41, 5.74) is 2.85. The number of hydrogen-bond donors (Lipinski definition) is 1. The zero-order valence-corrected chi connectivity index (χ0v) is 15.6. The molecule has 4 rings (SSSR count). The number of anilines is 1. The second-order valence-electron chi connectivity index (χ2n) is 6.64. The molecule has 28 heavy (non-hydrogen) atoms. The molecule has 0 saturated carbocycles. The van der Waals surface area contributed by atoms with Gasteiger partial charge in [0.25, 0.3) is 0 Å². The van der Waals surface area contributed by atoms with Crippen molar-refractivity contribution in [2.75, 3.05) is 5.32 Å². The summed E-state index contributed by atoms with van der Waals surface area (Å²) in [4.78, 5) is 16.4.